The zero-order valence-corrected chi connectivity index (χ0v) is 14.5. The van der Waals surface area contributed by atoms with Gasteiger partial charge in [-0.25, -0.2) is 5.48 Å². The molecular formula is C18H20N2O3S. The van der Waals surface area contributed by atoms with Crippen LogP contribution in [-0.4, -0.2) is 18.9 Å². The zero-order valence-electron chi connectivity index (χ0n) is 13.7. The first-order valence-electron chi connectivity index (χ1n) is 7.87. The van der Waals surface area contributed by atoms with Gasteiger partial charge in [0.2, 0.25) is 11.8 Å². The minimum atomic E-state index is -0.345. The molecule has 2 atom stereocenters. The maximum Gasteiger partial charge on any atom is 0.249 e. The molecule has 6 heteroatoms. The average Bonchev–Trinajstić information content (AvgIpc) is 3.10. The second-order valence-electron chi connectivity index (χ2n) is 5.88. The third-order valence-corrected chi connectivity index (χ3v) is 5.23. The number of nitrogens with zero attached hydrogens (tertiary/aromatic N) is 1. The van der Waals surface area contributed by atoms with E-state index in [4.69, 9.17) is 4.84 Å². The van der Waals surface area contributed by atoms with E-state index in [0.717, 1.165) is 16.1 Å². The molecule has 1 aromatic carbocycles. The summed E-state index contributed by atoms with van der Waals surface area (Å²) in [4.78, 5) is 32.7. The van der Waals surface area contributed by atoms with Gasteiger partial charge in [-0.2, -0.15) is 0 Å². The summed E-state index contributed by atoms with van der Waals surface area (Å²) in [6.45, 7) is 2.01. The van der Waals surface area contributed by atoms with E-state index in [1.807, 2.05) is 48.7 Å². The van der Waals surface area contributed by atoms with Crippen molar-refractivity contribution in [2.24, 2.45) is 5.92 Å². The van der Waals surface area contributed by atoms with Gasteiger partial charge < -0.3 is 4.90 Å². The number of hydroxylamine groups is 1. The zero-order chi connectivity index (χ0) is 17.1. The van der Waals surface area contributed by atoms with Crippen LogP contribution in [0, 0.1) is 12.8 Å². The predicted molar refractivity (Wildman–Crippen MR) is 93.6 cm³/mol. The van der Waals surface area contributed by atoms with Crippen molar-refractivity contribution in [3.8, 4) is 0 Å². The Morgan fingerprint density at radius 2 is 2.04 bits per heavy atom. The highest BCUT2D eigenvalue weighted by Crippen LogP contribution is 2.41. The molecule has 1 N–H and O–H groups in total. The monoisotopic (exact) mass is 344 g/mol. The van der Waals surface area contributed by atoms with Crippen LogP contribution < -0.4 is 10.4 Å². The second-order valence-corrected chi connectivity index (χ2v) is 6.85. The van der Waals surface area contributed by atoms with Crippen LogP contribution in [0.4, 0.5) is 5.69 Å². The minimum absolute atomic E-state index is 0.0405. The molecule has 0 radical (unpaired) electrons. The summed E-state index contributed by atoms with van der Waals surface area (Å²) in [7, 11) is 1.42. The van der Waals surface area contributed by atoms with E-state index in [-0.39, 0.29) is 23.8 Å². The highest BCUT2D eigenvalue weighted by molar-refractivity contribution is 7.10. The number of hydrogen-bond donors (Lipinski definition) is 1. The molecule has 1 fully saturated rings. The molecule has 0 unspecified atom stereocenters. The molecule has 1 aliphatic rings. The summed E-state index contributed by atoms with van der Waals surface area (Å²) in [5, 5.41) is 1.97. The molecule has 5 nitrogen and oxygen atoms in total. The number of hydrogen-bond acceptors (Lipinski definition) is 4. The molecule has 2 aromatic rings. The maximum atomic E-state index is 12.7. The van der Waals surface area contributed by atoms with Crippen molar-refractivity contribution < 1.29 is 14.4 Å². The SMILES string of the molecule is CONC(=O)[C@H]1CCC(=O)N(c2ccc(C)cc2)[C@H]1c1cccs1. The summed E-state index contributed by atoms with van der Waals surface area (Å²) >= 11 is 1.56. The molecule has 1 aromatic heterocycles. The van der Waals surface area contributed by atoms with Gasteiger partial charge in [-0.3, -0.25) is 14.4 Å². The van der Waals surface area contributed by atoms with Crippen molar-refractivity contribution in [1.29, 1.82) is 0 Å². The van der Waals surface area contributed by atoms with Crippen LogP contribution in [0.3, 0.4) is 0 Å². The fraction of sp³-hybridized carbons (Fsp3) is 0.333. The van der Waals surface area contributed by atoms with Gasteiger partial charge in [0.25, 0.3) is 0 Å². The lowest BCUT2D eigenvalue weighted by Crippen LogP contribution is -2.48. The highest BCUT2D eigenvalue weighted by Gasteiger charge is 2.42. The Hall–Kier alpha value is -2.18. The van der Waals surface area contributed by atoms with Crippen LogP contribution in [0.2, 0.25) is 0 Å². The number of anilines is 1. The fourth-order valence-corrected chi connectivity index (χ4v) is 4.02. The number of benzene rings is 1. The normalized spacial score (nSPS) is 20.9. The highest BCUT2D eigenvalue weighted by atomic mass is 32.1. The van der Waals surface area contributed by atoms with E-state index in [1.165, 1.54) is 7.11 Å². The number of carbonyl (C=O) groups is 2. The van der Waals surface area contributed by atoms with Gasteiger partial charge in [0.1, 0.15) is 0 Å². The fourth-order valence-electron chi connectivity index (χ4n) is 3.14. The predicted octanol–water partition coefficient (Wildman–Crippen LogP) is 3.22. The van der Waals surface area contributed by atoms with E-state index < -0.39 is 0 Å². The van der Waals surface area contributed by atoms with E-state index in [2.05, 4.69) is 5.48 Å². The molecule has 1 saturated heterocycles. The second kappa shape index (κ2) is 7.15. The summed E-state index contributed by atoms with van der Waals surface area (Å²) in [5.41, 5.74) is 4.38. The molecule has 0 saturated carbocycles. The number of carbonyl (C=O) groups excluding carboxylic acids is 2. The average molecular weight is 344 g/mol. The van der Waals surface area contributed by atoms with Gasteiger partial charge in [0.15, 0.2) is 0 Å². The van der Waals surface area contributed by atoms with Gasteiger partial charge in [-0.1, -0.05) is 23.8 Å². The number of aryl methyl sites for hydroxylation is 1. The minimum Gasteiger partial charge on any atom is -0.303 e. The van der Waals surface area contributed by atoms with Crippen molar-refractivity contribution in [2.45, 2.75) is 25.8 Å². The summed E-state index contributed by atoms with van der Waals surface area (Å²) in [6.07, 6.45) is 0.858. The Morgan fingerprint density at radius 1 is 1.29 bits per heavy atom. The Kier molecular flexibility index (Phi) is 4.97. The third kappa shape index (κ3) is 3.20. The van der Waals surface area contributed by atoms with Crippen molar-refractivity contribution in [3.05, 3.63) is 52.2 Å². The molecule has 1 aliphatic heterocycles. The van der Waals surface area contributed by atoms with Crippen LogP contribution in [0.5, 0.6) is 0 Å². The van der Waals surface area contributed by atoms with Crippen LogP contribution in [-0.2, 0) is 14.4 Å². The Morgan fingerprint density at radius 3 is 2.67 bits per heavy atom. The van der Waals surface area contributed by atoms with Crippen LogP contribution >= 0.6 is 11.3 Å². The lowest BCUT2D eigenvalue weighted by atomic mass is 9.86. The largest absolute Gasteiger partial charge is 0.303 e. The van der Waals surface area contributed by atoms with Crippen LogP contribution in [0.1, 0.15) is 29.3 Å². The number of amides is 2. The maximum absolute atomic E-state index is 12.7. The van der Waals surface area contributed by atoms with E-state index in [9.17, 15) is 9.59 Å². The van der Waals surface area contributed by atoms with E-state index in [0.29, 0.717) is 12.8 Å². The van der Waals surface area contributed by atoms with Crippen LogP contribution in [0.15, 0.2) is 41.8 Å². The van der Waals surface area contributed by atoms with Gasteiger partial charge in [0.05, 0.1) is 19.1 Å². The molecule has 0 aliphatic carbocycles. The van der Waals surface area contributed by atoms with Gasteiger partial charge in [-0.05, 0) is 36.9 Å². The van der Waals surface area contributed by atoms with E-state index in [1.54, 1.807) is 16.2 Å². The van der Waals surface area contributed by atoms with Crippen molar-refractivity contribution in [1.82, 2.24) is 5.48 Å². The lowest BCUT2D eigenvalue weighted by Gasteiger charge is -2.40. The lowest BCUT2D eigenvalue weighted by molar-refractivity contribution is -0.138. The summed E-state index contributed by atoms with van der Waals surface area (Å²) in [6, 6.07) is 11.4. The van der Waals surface area contributed by atoms with Crippen molar-refractivity contribution in [2.75, 3.05) is 12.0 Å². The number of piperidine rings is 1. The van der Waals surface area contributed by atoms with E-state index >= 15 is 0 Å². The quantitative estimate of drug-likeness (QED) is 0.867. The van der Waals surface area contributed by atoms with Gasteiger partial charge >= 0.3 is 0 Å². The number of thiophene rings is 1. The molecule has 126 valence electrons. The topological polar surface area (TPSA) is 58.6 Å². The van der Waals surface area contributed by atoms with Crippen molar-refractivity contribution >= 4 is 28.8 Å². The molecule has 0 spiro atoms. The Balaban J connectivity index is 2.03. The van der Waals surface area contributed by atoms with Crippen LogP contribution in [0.25, 0.3) is 0 Å². The first-order valence-corrected chi connectivity index (χ1v) is 8.74. The number of nitrogens with one attached hydrogen (secondary N) is 1. The summed E-state index contributed by atoms with van der Waals surface area (Å²) < 4.78 is 0. The molecule has 24 heavy (non-hydrogen) atoms. The first-order chi connectivity index (χ1) is 11.6. The molecule has 2 amide bonds. The van der Waals surface area contributed by atoms with Crippen molar-refractivity contribution in [3.63, 3.8) is 0 Å². The summed E-state index contributed by atoms with van der Waals surface area (Å²) in [5.74, 6) is -0.498. The Bertz CT molecular complexity index is 712. The Labute approximate surface area is 145 Å². The standard InChI is InChI=1S/C18H20N2O3S/c1-12-5-7-13(8-6-12)20-16(21)10-9-14(18(22)19-23-2)17(20)15-4-3-11-24-15/h3-8,11,14,17H,9-10H2,1-2H3,(H,19,22)/t14-,17+/m0/s1. The van der Waals surface area contributed by atoms with Gasteiger partial charge in [0, 0.05) is 17.0 Å². The number of rotatable bonds is 4. The molecular weight excluding hydrogens is 324 g/mol. The molecule has 0 bridgehead atoms. The molecule has 2 heterocycles. The smallest absolute Gasteiger partial charge is 0.249 e. The first kappa shape index (κ1) is 16.7. The van der Waals surface area contributed by atoms with Gasteiger partial charge in [-0.15, -0.1) is 11.3 Å². The third-order valence-electron chi connectivity index (χ3n) is 4.28. The molecule has 3 rings (SSSR count).